The molecule has 3 N–H and O–H groups in total. The predicted octanol–water partition coefficient (Wildman–Crippen LogP) is 3.71. The van der Waals surface area contributed by atoms with E-state index in [-0.39, 0.29) is 0 Å². The highest BCUT2D eigenvalue weighted by Crippen LogP contribution is 2.29. The number of anilines is 1. The van der Waals surface area contributed by atoms with Crippen LogP contribution >= 0.6 is 15.9 Å². The van der Waals surface area contributed by atoms with E-state index >= 15 is 0 Å². The molecule has 2 aromatic heterocycles. The van der Waals surface area contributed by atoms with Crippen LogP contribution in [-0.4, -0.2) is 22.6 Å². The van der Waals surface area contributed by atoms with Gasteiger partial charge in [0.1, 0.15) is 5.52 Å². The highest BCUT2D eigenvalue weighted by atomic mass is 79.9. The van der Waals surface area contributed by atoms with Gasteiger partial charge in [-0.15, -0.1) is 0 Å². The zero-order valence-electron chi connectivity index (χ0n) is 12.1. The average molecular weight is 349 g/mol. The minimum Gasteiger partial charge on any atom is -0.379 e. The lowest BCUT2D eigenvalue weighted by Crippen LogP contribution is -2.37. The van der Waals surface area contributed by atoms with E-state index < -0.39 is 0 Å². The van der Waals surface area contributed by atoms with E-state index in [0.717, 1.165) is 21.2 Å². The molecule has 0 saturated heterocycles. The molecule has 0 spiro atoms. The van der Waals surface area contributed by atoms with E-state index in [1.165, 1.54) is 32.1 Å². The van der Waals surface area contributed by atoms with Crippen LogP contribution in [0.4, 0.5) is 5.69 Å². The highest BCUT2D eigenvalue weighted by Gasteiger charge is 2.23. The first-order chi connectivity index (χ1) is 10.3. The largest absolute Gasteiger partial charge is 0.379 e. The fourth-order valence-electron chi connectivity index (χ4n) is 3.23. The Balaban J connectivity index is 1.85. The molecule has 0 bridgehead atoms. The summed E-state index contributed by atoms with van der Waals surface area (Å²) in [7, 11) is 0. The number of hydrogen-bond donors (Lipinski definition) is 2. The van der Waals surface area contributed by atoms with Crippen LogP contribution in [-0.2, 0) is 0 Å². The van der Waals surface area contributed by atoms with Crippen LogP contribution in [0.2, 0.25) is 0 Å². The number of fused-ring (bicyclic) bond motifs is 1. The van der Waals surface area contributed by atoms with Gasteiger partial charge < -0.3 is 11.1 Å². The van der Waals surface area contributed by atoms with Crippen LogP contribution in [0.25, 0.3) is 11.0 Å². The SMILES string of the molecule is NCC(Nc1ccnc2cc(Br)cnc12)C1CCCCC1. The molecular formula is C16H21BrN4. The predicted molar refractivity (Wildman–Crippen MR) is 90.3 cm³/mol. The van der Waals surface area contributed by atoms with Crippen molar-refractivity contribution in [2.45, 2.75) is 38.1 Å². The molecule has 2 aromatic rings. The van der Waals surface area contributed by atoms with Crippen LogP contribution < -0.4 is 11.1 Å². The smallest absolute Gasteiger partial charge is 0.112 e. The van der Waals surface area contributed by atoms with Crippen molar-refractivity contribution in [3.05, 3.63) is 29.0 Å². The van der Waals surface area contributed by atoms with Crippen molar-refractivity contribution in [1.82, 2.24) is 9.97 Å². The van der Waals surface area contributed by atoms with Crippen LogP contribution in [0.3, 0.4) is 0 Å². The molecule has 1 saturated carbocycles. The quantitative estimate of drug-likeness (QED) is 0.883. The summed E-state index contributed by atoms with van der Waals surface area (Å²) in [5.74, 6) is 0.669. The van der Waals surface area contributed by atoms with Crippen LogP contribution in [0.5, 0.6) is 0 Å². The molecular weight excluding hydrogens is 328 g/mol. The van der Waals surface area contributed by atoms with Crippen molar-refractivity contribution < 1.29 is 0 Å². The Kier molecular flexibility index (Phi) is 4.70. The van der Waals surface area contributed by atoms with Crippen LogP contribution in [0, 0.1) is 5.92 Å². The third kappa shape index (κ3) is 3.35. The summed E-state index contributed by atoms with van der Waals surface area (Å²) in [6, 6.07) is 4.31. The molecule has 0 aromatic carbocycles. The molecule has 3 rings (SSSR count). The maximum atomic E-state index is 6.01. The second-order valence-corrected chi connectivity index (χ2v) is 6.68. The van der Waals surface area contributed by atoms with Crippen molar-refractivity contribution in [1.29, 1.82) is 0 Å². The summed E-state index contributed by atoms with van der Waals surface area (Å²) in [5.41, 5.74) is 8.86. The summed E-state index contributed by atoms with van der Waals surface area (Å²) < 4.78 is 0.947. The first-order valence-corrected chi connectivity index (χ1v) is 8.44. The van der Waals surface area contributed by atoms with Gasteiger partial charge in [-0.3, -0.25) is 9.97 Å². The monoisotopic (exact) mass is 348 g/mol. The topological polar surface area (TPSA) is 63.8 Å². The van der Waals surface area contributed by atoms with Crippen LogP contribution in [0.1, 0.15) is 32.1 Å². The molecule has 2 heterocycles. The lowest BCUT2D eigenvalue weighted by Gasteiger charge is -2.31. The van der Waals surface area contributed by atoms with Gasteiger partial charge in [0.15, 0.2) is 0 Å². The van der Waals surface area contributed by atoms with E-state index in [1.807, 2.05) is 24.5 Å². The van der Waals surface area contributed by atoms with E-state index in [9.17, 15) is 0 Å². The summed E-state index contributed by atoms with van der Waals surface area (Å²) in [6.07, 6.45) is 10.2. The molecule has 0 radical (unpaired) electrons. The third-order valence-corrected chi connectivity index (χ3v) is 4.79. The number of pyridine rings is 2. The van der Waals surface area contributed by atoms with Gasteiger partial charge >= 0.3 is 0 Å². The minimum absolute atomic E-state index is 0.321. The fourth-order valence-corrected chi connectivity index (χ4v) is 3.55. The lowest BCUT2D eigenvalue weighted by molar-refractivity contribution is 0.320. The van der Waals surface area contributed by atoms with Gasteiger partial charge in [0.25, 0.3) is 0 Å². The number of hydrogen-bond acceptors (Lipinski definition) is 4. The Morgan fingerprint density at radius 1 is 1.29 bits per heavy atom. The van der Waals surface area contributed by atoms with E-state index in [0.29, 0.717) is 18.5 Å². The maximum absolute atomic E-state index is 6.01. The fraction of sp³-hybridized carbons (Fsp3) is 0.500. The Morgan fingerprint density at radius 3 is 2.86 bits per heavy atom. The number of nitrogens with one attached hydrogen (secondary N) is 1. The molecule has 1 unspecified atom stereocenters. The van der Waals surface area contributed by atoms with Gasteiger partial charge in [-0.25, -0.2) is 0 Å². The van der Waals surface area contributed by atoms with Gasteiger partial charge in [-0.1, -0.05) is 19.3 Å². The van der Waals surface area contributed by atoms with E-state index in [2.05, 4.69) is 31.2 Å². The van der Waals surface area contributed by atoms with Crippen molar-refractivity contribution in [3.63, 3.8) is 0 Å². The summed E-state index contributed by atoms with van der Waals surface area (Å²) in [6.45, 7) is 0.658. The van der Waals surface area contributed by atoms with E-state index in [4.69, 9.17) is 5.73 Å². The maximum Gasteiger partial charge on any atom is 0.112 e. The van der Waals surface area contributed by atoms with Gasteiger partial charge in [-0.05, 0) is 46.8 Å². The Bertz CT molecular complexity index is 610. The zero-order valence-corrected chi connectivity index (χ0v) is 13.6. The minimum atomic E-state index is 0.321. The lowest BCUT2D eigenvalue weighted by atomic mass is 9.84. The van der Waals surface area contributed by atoms with E-state index in [1.54, 1.807) is 0 Å². The van der Waals surface area contributed by atoms with Gasteiger partial charge in [0.2, 0.25) is 0 Å². The molecule has 5 heteroatoms. The second-order valence-electron chi connectivity index (χ2n) is 5.76. The standard InChI is InChI=1S/C16H21BrN4/c17-12-8-14-16(20-10-12)13(6-7-19-14)21-15(9-18)11-4-2-1-3-5-11/h6-8,10-11,15H,1-5,9,18H2,(H,19,21). The highest BCUT2D eigenvalue weighted by molar-refractivity contribution is 9.10. The molecule has 1 atom stereocenters. The summed E-state index contributed by atoms with van der Waals surface area (Å²) in [5, 5.41) is 3.62. The summed E-state index contributed by atoms with van der Waals surface area (Å²) >= 11 is 3.44. The molecule has 4 nitrogen and oxygen atoms in total. The van der Waals surface area contributed by atoms with Crippen molar-refractivity contribution in [2.75, 3.05) is 11.9 Å². The van der Waals surface area contributed by atoms with Gasteiger partial charge in [0, 0.05) is 29.5 Å². The molecule has 1 fully saturated rings. The van der Waals surface area contributed by atoms with Gasteiger partial charge in [0.05, 0.1) is 11.2 Å². The molecule has 1 aliphatic carbocycles. The van der Waals surface area contributed by atoms with Crippen molar-refractivity contribution in [3.8, 4) is 0 Å². The van der Waals surface area contributed by atoms with Gasteiger partial charge in [-0.2, -0.15) is 0 Å². The number of nitrogens with two attached hydrogens (primary N) is 1. The molecule has 1 aliphatic rings. The third-order valence-electron chi connectivity index (χ3n) is 4.36. The first kappa shape index (κ1) is 14.7. The first-order valence-electron chi connectivity index (χ1n) is 7.65. The molecule has 21 heavy (non-hydrogen) atoms. The average Bonchev–Trinajstić information content (AvgIpc) is 2.53. The van der Waals surface area contributed by atoms with Crippen molar-refractivity contribution in [2.24, 2.45) is 11.7 Å². The second kappa shape index (κ2) is 6.71. The number of nitrogens with zero attached hydrogens (tertiary/aromatic N) is 2. The molecule has 0 amide bonds. The normalized spacial score (nSPS) is 17.8. The molecule has 112 valence electrons. The Hall–Kier alpha value is -1.20. The summed E-state index contributed by atoms with van der Waals surface area (Å²) in [4.78, 5) is 8.89. The Morgan fingerprint density at radius 2 is 2.10 bits per heavy atom. The molecule has 0 aliphatic heterocycles. The number of halogens is 1. The number of rotatable bonds is 4. The van der Waals surface area contributed by atoms with Crippen molar-refractivity contribution >= 4 is 32.7 Å². The number of aromatic nitrogens is 2. The van der Waals surface area contributed by atoms with Crippen LogP contribution in [0.15, 0.2) is 29.0 Å². The Labute approximate surface area is 133 Å². The zero-order chi connectivity index (χ0) is 14.7.